The maximum absolute atomic E-state index is 13.2. The lowest BCUT2D eigenvalue weighted by Gasteiger charge is -2.34. The summed E-state index contributed by atoms with van der Waals surface area (Å²) in [6.45, 7) is 0.735. The first-order valence-electron chi connectivity index (χ1n) is 7.30. The van der Waals surface area contributed by atoms with Crippen LogP contribution in [0.5, 0.6) is 0 Å². The van der Waals surface area contributed by atoms with Crippen LogP contribution >= 0.6 is 15.9 Å². The minimum absolute atomic E-state index is 0.113. The van der Waals surface area contributed by atoms with Crippen LogP contribution in [0.1, 0.15) is 37.7 Å². The Kier molecular flexibility index (Phi) is 6.02. The molecule has 2 nitrogen and oxygen atoms in total. The molecule has 110 valence electrons. The Morgan fingerprint density at radius 1 is 1.30 bits per heavy atom. The van der Waals surface area contributed by atoms with Crippen LogP contribution in [0.15, 0.2) is 24.3 Å². The van der Waals surface area contributed by atoms with Crippen LogP contribution in [0.4, 0.5) is 4.39 Å². The Labute approximate surface area is 128 Å². The topological polar surface area (TPSA) is 20.3 Å². The van der Waals surface area contributed by atoms with Gasteiger partial charge in [0.1, 0.15) is 5.82 Å². The average Bonchev–Trinajstić information content (AvgIpc) is 2.45. The number of carbonyl (C=O) groups excluding carboxylic acids is 1. The summed E-state index contributed by atoms with van der Waals surface area (Å²) in [4.78, 5) is 14.5. The van der Waals surface area contributed by atoms with E-state index in [1.54, 1.807) is 6.07 Å². The quantitative estimate of drug-likeness (QED) is 0.743. The van der Waals surface area contributed by atoms with Crippen molar-refractivity contribution in [3.8, 4) is 0 Å². The van der Waals surface area contributed by atoms with Gasteiger partial charge in [-0.1, -0.05) is 47.3 Å². The van der Waals surface area contributed by atoms with E-state index < -0.39 is 0 Å². The van der Waals surface area contributed by atoms with E-state index in [0.717, 1.165) is 30.3 Å². The number of amides is 1. The first kappa shape index (κ1) is 15.5. The molecule has 1 saturated carbocycles. The highest BCUT2D eigenvalue weighted by molar-refractivity contribution is 9.09. The zero-order valence-electron chi connectivity index (χ0n) is 11.7. The standard InChI is InChI=1S/C16H21BrFNO/c17-9-10-19(15-7-2-1-3-8-15)16(20)12-13-5-4-6-14(18)11-13/h4-6,11,15H,1-3,7-10,12H2. The van der Waals surface area contributed by atoms with E-state index >= 15 is 0 Å². The number of benzene rings is 1. The molecule has 20 heavy (non-hydrogen) atoms. The first-order valence-corrected chi connectivity index (χ1v) is 8.42. The normalized spacial score (nSPS) is 16.1. The van der Waals surface area contributed by atoms with Crippen molar-refractivity contribution in [2.24, 2.45) is 0 Å². The maximum atomic E-state index is 13.2. The van der Waals surface area contributed by atoms with Gasteiger partial charge < -0.3 is 4.90 Å². The largest absolute Gasteiger partial charge is 0.339 e. The van der Waals surface area contributed by atoms with Crippen LogP contribution in [0, 0.1) is 5.82 Å². The predicted molar refractivity (Wildman–Crippen MR) is 82.5 cm³/mol. The number of hydrogen-bond acceptors (Lipinski definition) is 1. The fourth-order valence-electron chi connectivity index (χ4n) is 2.92. The van der Waals surface area contributed by atoms with Crippen molar-refractivity contribution >= 4 is 21.8 Å². The fraction of sp³-hybridized carbons (Fsp3) is 0.562. The van der Waals surface area contributed by atoms with Crippen molar-refractivity contribution in [3.05, 3.63) is 35.6 Å². The van der Waals surface area contributed by atoms with Crippen molar-refractivity contribution in [3.63, 3.8) is 0 Å². The fourth-order valence-corrected chi connectivity index (χ4v) is 3.30. The van der Waals surface area contributed by atoms with E-state index in [1.807, 2.05) is 11.0 Å². The first-order chi connectivity index (χ1) is 9.70. The number of alkyl halides is 1. The van der Waals surface area contributed by atoms with Gasteiger partial charge in [-0.15, -0.1) is 0 Å². The van der Waals surface area contributed by atoms with Crippen LogP contribution in [0.25, 0.3) is 0 Å². The third-order valence-electron chi connectivity index (χ3n) is 3.91. The Hall–Kier alpha value is -0.900. The van der Waals surface area contributed by atoms with E-state index in [9.17, 15) is 9.18 Å². The highest BCUT2D eigenvalue weighted by atomic mass is 79.9. The van der Waals surface area contributed by atoms with Gasteiger partial charge in [0.05, 0.1) is 6.42 Å². The van der Waals surface area contributed by atoms with E-state index in [4.69, 9.17) is 0 Å². The molecular formula is C16H21BrFNO. The predicted octanol–water partition coefficient (Wildman–Crippen LogP) is 3.92. The molecule has 0 bridgehead atoms. The molecule has 0 aliphatic heterocycles. The summed E-state index contributed by atoms with van der Waals surface area (Å²) in [6.07, 6.45) is 6.18. The zero-order valence-corrected chi connectivity index (χ0v) is 13.2. The number of rotatable bonds is 5. The Morgan fingerprint density at radius 2 is 2.05 bits per heavy atom. The smallest absolute Gasteiger partial charge is 0.227 e. The summed E-state index contributed by atoms with van der Waals surface area (Å²) < 4.78 is 13.2. The lowest BCUT2D eigenvalue weighted by atomic mass is 9.93. The van der Waals surface area contributed by atoms with Gasteiger partial charge in [-0.3, -0.25) is 4.79 Å². The molecule has 0 radical (unpaired) electrons. The minimum Gasteiger partial charge on any atom is -0.339 e. The van der Waals surface area contributed by atoms with Crippen molar-refractivity contribution in [2.45, 2.75) is 44.6 Å². The number of carbonyl (C=O) groups is 1. The summed E-state index contributed by atoms with van der Waals surface area (Å²) in [5.41, 5.74) is 0.755. The SMILES string of the molecule is O=C(Cc1cccc(F)c1)N(CCBr)C1CCCCC1. The molecule has 0 aromatic heterocycles. The molecule has 1 aromatic carbocycles. The van der Waals surface area contributed by atoms with Crippen molar-refractivity contribution in [1.29, 1.82) is 0 Å². The van der Waals surface area contributed by atoms with Crippen LogP contribution < -0.4 is 0 Å². The van der Waals surface area contributed by atoms with Crippen molar-refractivity contribution in [2.75, 3.05) is 11.9 Å². The third kappa shape index (κ3) is 4.30. The number of nitrogens with zero attached hydrogens (tertiary/aromatic N) is 1. The molecule has 1 amide bonds. The van der Waals surface area contributed by atoms with Gasteiger partial charge in [0.2, 0.25) is 5.91 Å². The lowest BCUT2D eigenvalue weighted by molar-refractivity contribution is -0.133. The van der Waals surface area contributed by atoms with Gasteiger partial charge in [0, 0.05) is 17.9 Å². The lowest BCUT2D eigenvalue weighted by Crippen LogP contribution is -2.43. The molecule has 1 aliphatic rings. The third-order valence-corrected chi connectivity index (χ3v) is 4.26. The Balaban J connectivity index is 2.02. The summed E-state index contributed by atoms with van der Waals surface area (Å²) >= 11 is 3.43. The molecule has 4 heteroatoms. The van der Waals surface area contributed by atoms with E-state index in [0.29, 0.717) is 12.5 Å². The van der Waals surface area contributed by atoms with Crippen molar-refractivity contribution in [1.82, 2.24) is 4.90 Å². The molecule has 0 atom stereocenters. The summed E-state index contributed by atoms with van der Waals surface area (Å²) in [6, 6.07) is 6.69. The monoisotopic (exact) mass is 341 g/mol. The van der Waals surface area contributed by atoms with Crippen LogP contribution in [0.2, 0.25) is 0 Å². The molecule has 2 rings (SSSR count). The van der Waals surface area contributed by atoms with Gasteiger partial charge in [0.15, 0.2) is 0 Å². The molecule has 0 heterocycles. The molecule has 1 aromatic rings. The highest BCUT2D eigenvalue weighted by Gasteiger charge is 2.24. The van der Waals surface area contributed by atoms with E-state index in [2.05, 4.69) is 15.9 Å². The van der Waals surface area contributed by atoms with Crippen LogP contribution in [-0.2, 0) is 11.2 Å². The van der Waals surface area contributed by atoms with Crippen LogP contribution in [-0.4, -0.2) is 28.7 Å². The second-order valence-electron chi connectivity index (χ2n) is 5.37. The molecular weight excluding hydrogens is 321 g/mol. The van der Waals surface area contributed by atoms with E-state index in [1.165, 1.54) is 31.4 Å². The maximum Gasteiger partial charge on any atom is 0.227 e. The Morgan fingerprint density at radius 3 is 2.70 bits per heavy atom. The van der Waals surface area contributed by atoms with E-state index in [-0.39, 0.29) is 11.7 Å². The zero-order chi connectivity index (χ0) is 14.4. The molecule has 1 aliphatic carbocycles. The van der Waals surface area contributed by atoms with Gasteiger partial charge >= 0.3 is 0 Å². The van der Waals surface area contributed by atoms with Crippen LogP contribution in [0.3, 0.4) is 0 Å². The molecule has 0 spiro atoms. The van der Waals surface area contributed by atoms with Crippen molar-refractivity contribution < 1.29 is 9.18 Å². The second-order valence-corrected chi connectivity index (χ2v) is 6.17. The van der Waals surface area contributed by atoms with Gasteiger partial charge in [-0.2, -0.15) is 0 Å². The molecule has 0 N–H and O–H groups in total. The second kappa shape index (κ2) is 7.77. The Bertz CT molecular complexity index is 446. The average molecular weight is 342 g/mol. The molecule has 0 saturated heterocycles. The summed E-state index contributed by atoms with van der Waals surface area (Å²) in [7, 11) is 0. The van der Waals surface area contributed by atoms with Gasteiger partial charge in [-0.25, -0.2) is 4.39 Å². The summed E-state index contributed by atoms with van der Waals surface area (Å²) in [5, 5.41) is 0.790. The highest BCUT2D eigenvalue weighted by Crippen LogP contribution is 2.23. The minimum atomic E-state index is -0.278. The number of hydrogen-bond donors (Lipinski definition) is 0. The molecule has 1 fully saturated rings. The molecule has 0 unspecified atom stereocenters. The van der Waals surface area contributed by atoms with Gasteiger partial charge in [0.25, 0.3) is 0 Å². The van der Waals surface area contributed by atoms with Gasteiger partial charge in [-0.05, 0) is 30.5 Å². The number of halogens is 2. The summed E-state index contributed by atoms with van der Waals surface area (Å²) in [5.74, 6) is -0.165.